The number of hydrogen-bond donors (Lipinski definition) is 3. The molecule has 0 spiro atoms. The molecule has 0 fully saturated rings. The molecular formula is C20H20N6O5. The third-order valence-electron chi connectivity index (χ3n) is 4.54. The van der Waals surface area contributed by atoms with Crippen molar-refractivity contribution in [3.05, 3.63) is 74.6 Å². The van der Waals surface area contributed by atoms with Crippen LogP contribution < -0.4 is 21.7 Å². The molecule has 11 heteroatoms. The fraction of sp³-hybridized carbons (Fsp3) is 0.200. The van der Waals surface area contributed by atoms with Gasteiger partial charge in [-0.25, -0.2) is 4.98 Å². The molecule has 2 aromatic carbocycles. The van der Waals surface area contributed by atoms with Crippen LogP contribution in [-0.4, -0.2) is 32.3 Å². The molecule has 0 saturated carbocycles. The summed E-state index contributed by atoms with van der Waals surface area (Å²) in [7, 11) is 0. The Balaban J connectivity index is 1.69. The topological polar surface area (TPSA) is 148 Å². The number of aromatic nitrogens is 2. The monoisotopic (exact) mass is 424 g/mol. The SMILES string of the molecule is CCn1c(NNC(=O)[C@@H](C)NC(=O)c2cccc([N+](=O)[O-])c2)nc2ccccc2c1=O. The molecule has 0 unspecified atom stereocenters. The van der Waals surface area contributed by atoms with E-state index in [1.54, 1.807) is 31.2 Å². The number of nitro groups is 1. The van der Waals surface area contributed by atoms with Crippen LogP contribution in [0.3, 0.4) is 0 Å². The van der Waals surface area contributed by atoms with Gasteiger partial charge in [-0.3, -0.25) is 39.9 Å². The summed E-state index contributed by atoms with van der Waals surface area (Å²) in [5, 5.41) is 13.8. The second-order valence-electron chi connectivity index (χ2n) is 6.62. The van der Waals surface area contributed by atoms with E-state index in [-0.39, 0.29) is 22.8 Å². The Labute approximate surface area is 176 Å². The number of carbonyl (C=O) groups is 2. The quantitative estimate of drug-likeness (QED) is 0.385. The maximum Gasteiger partial charge on any atom is 0.270 e. The first-order valence-corrected chi connectivity index (χ1v) is 9.42. The van der Waals surface area contributed by atoms with E-state index >= 15 is 0 Å². The van der Waals surface area contributed by atoms with Gasteiger partial charge >= 0.3 is 0 Å². The molecule has 0 saturated heterocycles. The van der Waals surface area contributed by atoms with E-state index in [0.717, 1.165) is 6.07 Å². The number of benzene rings is 2. The fourth-order valence-electron chi connectivity index (χ4n) is 2.89. The van der Waals surface area contributed by atoms with Gasteiger partial charge in [0.15, 0.2) is 0 Å². The third-order valence-corrected chi connectivity index (χ3v) is 4.54. The number of fused-ring (bicyclic) bond motifs is 1. The zero-order valence-electron chi connectivity index (χ0n) is 16.8. The number of carbonyl (C=O) groups excluding carboxylic acids is 2. The molecule has 11 nitrogen and oxygen atoms in total. The van der Waals surface area contributed by atoms with Crippen LogP contribution in [0.15, 0.2) is 53.3 Å². The van der Waals surface area contributed by atoms with Crippen LogP contribution in [0.2, 0.25) is 0 Å². The number of para-hydroxylation sites is 1. The molecule has 2 amide bonds. The predicted molar refractivity (Wildman–Crippen MR) is 113 cm³/mol. The van der Waals surface area contributed by atoms with Crippen molar-refractivity contribution in [1.82, 2.24) is 20.3 Å². The lowest BCUT2D eigenvalue weighted by Gasteiger charge is -2.17. The summed E-state index contributed by atoms with van der Waals surface area (Å²) in [6, 6.07) is 11.1. The molecule has 3 rings (SSSR count). The second-order valence-corrected chi connectivity index (χ2v) is 6.62. The normalized spacial score (nSPS) is 11.5. The minimum absolute atomic E-state index is 0.0535. The number of non-ortho nitro benzene ring substituents is 1. The van der Waals surface area contributed by atoms with E-state index in [2.05, 4.69) is 21.2 Å². The molecule has 1 heterocycles. The van der Waals surface area contributed by atoms with Crippen LogP contribution in [0.25, 0.3) is 10.9 Å². The standard InChI is InChI=1S/C20H20N6O5/c1-3-25-19(29)15-9-4-5-10-16(15)22-20(25)24-23-17(27)12(2)21-18(28)13-7-6-8-14(11-13)26(30)31/h4-12H,3H2,1-2H3,(H,21,28)(H,22,24)(H,23,27)/t12-/m1/s1. The Bertz CT molecular complexity index is 1220. The number of hydrazine groups is 1. The number of hydrogen-bond acceptors (Lipinski definition) is 7. The van der Waals surface area contributed by atoms with Gasteiger partial charge in [-0.05, 0) is 32.0 Å². The first-order valence-electron chi connectivity index (χ1n) is 9.42. The second kappa shape index (κ2) is 9.03. The van der Waals surface area contributed by atoms with Gasteiger partial charge in [-0.1, -0.05) is 18.2 Å². The lowest BCUT2D eigenvalue weighted by atomic mass is 10.2. The highest BCUT2D eigenvalue weighted by Gasteiger charge is 2.19. The molecule has 0 radical (unpaired) electrons. The van der Waals surface area contributed by atoms with E-state index < -0.39 is 22.8 Å². The van der Waals surface area contributed by atoms with E-state index in [1.807, 2.05) is 0 Å². The number of nitrogens with zero attached hydrogens (tertiary/aromatic N) is 3. The van der Waals surface area contributed by atoms with Crippen molar-refractivity contribution in [3.63, 3.8) is 0 Å². The average Bonchev–Trinajstić information content (AvgIpc) is 2.77. The minimum atomic E-state index is -0.971. The van der Waals surface area contributed by atoms with Crippen molar-refractivity contribution in [2.24, 2.45) is 0 Å². The van der Waals surface area contributed by atoms with Crippen LogP contribution in [0.1, 0.15) is 24.2 Å². The maximum absolute atomic E-state index is 12.6. The van der Waals surface area contributed by atoms with Gasteiger partial charge in [0.25, 0.3) is 23.1 Å². The van der Waals surface area contributed by atoms with Crippen molar-refractivity contribution in [3.8, 4) is 0 Å². The van der Waals surface area contributed by atoms with Crippen LogP contribution in [0.4, 0.5) is 11.6 Å². The lowest BCUT2D eigenvalue weighted by Crippen LogP contribution is -2.47. The van der Waals surface area contributed by atoms with E-state index in [4.69, 9.17) is 0 Å². The van der Waals surface area contributed by atoms with Crippen molar-refractivity contribution < 1.29 is 14.5 Å². The van der Waals surface area contributed by atoms with E-state index in [0.29, 0.717) is 17.4 Å². The molecule has 3 aromatic rings. The number of rotatable bonds is 7. The Kier molecular flexibility index (Phi) is 6.24. The minimum Gasteiger partial charge on any atom is -0.340 e. The first-order chi connectivity index (χ1) is 14.8. The summed E-state index contributed by atoms with van der Waals surface area (Å²) in [6.45, 7) is 3.55. The smallest absolute Gasteiger partial charge is 0.270 e. The highest BCUT2D eigenvalue weighted by atomic mass is 16.6. The number of nitro benzene ring substituents is 1. The molecule has 0 aliphatic carbocycles. The summed E-state index contributed by atoms with van der Waals surface area (Å²) < 4.78 is 1.37. The summed E-state index contributed by atoms with van der Waals surface area (Å²) in [5.41, 5.74) is 5.09. The third kappa shape index (κ3) is 4.66. The molecule has 160 valence electrons. The molecule has 1 aromatic heterocycles. The molecule has 0 bridgehead atoms. The van der Waals surface area contributed by atoms with Crippen molar-refractivity contribution in [2.75, 3.05) is 5.43 Å². The van der Waals surface area contributed by atoms with Crippen molar-refractivity contribution >= 4 is 34.4 Å². The highest BCUT2D eigenvalue weighted by Crippen LogP contribution is 2.13. The largest absolute Gasteiger partial charge is 0.340 e. The molecular weight excluding hydrogens is 404 g/mol. The summed E-state index contributed by atoms with van der Waals surface area (Å²) in [6.07, 6.45) is 0. The first kappa shape index (κ1) is 21.4. The predicted octanol–water partition coefficient (Wildman–Crippen LogP) is 1.59. The number of anilines is 1. The Hall–Kier alpha value is -4.28. The summed E-state index contributed by atoms with van der Waals surface area (Å²) in [5.74, 6) is -1.08. The van der Waals surface area contributed by atoms with E-state index in [9.17, 15) is 24.5 Å². The molecule has 1 atom stereocenters. The van der Waals surface area contributed by atoms with E-state index in [1.165, 1.54) is 29.7 Å². The molecule has 0 aliphatic rings. The molecule has 31 heavy (non-hydrogen) atoms. The van der Waals surface area contributed by atoms with Gasteiger partial charge in [0.1, 0.15) is 6.04 Å². The van der Waals surface area contributed by atoms with Crippen LogP contribution in [-0.2, 0) is 11.3 Å². The van der Waals surface area contributed by atoms with Crippen LogP contribution in [0.5, 0.6) is 0 Å². The zero-order valence-corrected chi connectivity index (χ0v) is 16.8. The van der Waals surface area contributed by atoms with Gasteiger partial charge in [0.05, 0.1) is 15.8 Å². The van der Waals surface area contributed by atoms with Crippen LogP contribution >= 0.6 is 0 Å². The maximum atomic E-state index is 12.6. The van der Waals surface area contributed by atoms with Gasteiger partial charge in [-0.2, -0.15) is 0 Å². The summed E-state index contributed by atoms with van der Waals surface area (Å²) >= 11 is 0. The molecule has 3 N–H and O–H groups in total. The fourth-order valence-corrected chi connectivity index (χ4v) is 2.89. The highest BCUT2D eigenvalue weighted by molar-refractivity contribution is 5.98. The van der Waals surface area contributed by atoms with Gasteiger partial charge in [-0.15, -0.1) is 0 Å². The van der Waals surface area contributed by atoms with Gasteiger partial charge < -0.3 is 5.32 Å². The zero-order chi connectivity index (χ0) is 22.5. The molecule has 0 aliphatic heterocycles. The number of nitrogens with one attached hydrogen (secondary N) is 3. The lowest BCUT2D eigenvalue weighted by molar-refractivity contribution is -0.384. The Morgan fingerprint density at radius 1 is 1.19 bits per heavy atom. The van der Waals surface area contributed by atoms with Gasteiger partial charge in [0, 0.05) is 24.2 Å². The summed E-state index contributed by atoms with van der Waals surface area (Å²) in [4.78, 5) is 51.9. The Morgan fingerprint density at radius 3 is 2.65 bits per heavy atom. The van der Waals surface area contributed by atoms with Crippen LogP contribution in [0, 0.1) is 10.1 Å². The van der Waals surface area contributed by atoms with Crippen molar-refractivity contribution in [2.45, 2.75) is 26.4 Å². The van der Waals surface area contributed by atoms with Crippen molar-refractivity contribution in [1.29, 1.82) is 0 Å². The Morgan fingerprint density at radius 2 is 1.94 bits per heavy atom. The van der Waals surface area contributed by atoms with Gasteiger partial charge in [0.2, 0.25) is 5.95 Å². The average molecular weight is 424 g/mol. The number of amides is 2.